The van der Waals surface area contributed by atoms with Gasteiger partial charge in [-0.1, -0.05) is 23.2 Å². The van der Waals surface area contributed by atoms with E-state index >= 15 is 0 Å². The van der Waals surface area contributed by atoms with E-state index in [2.05, 4.69) is 5.32 Å². The Morgan fingerprint density at radius 1 is 1.12 bits per heavy atom. The number of hydrogen-bond donors (Lipinski definition) is 1. The maximum Gasteiger partial charge on any atom is 0.291 e. The maximum atomic E-state index is 12.4. The van der Waals surface area contributed by atoms with Crippen molar-refractivity contribution in [2.45, 2.75) is 6.92 Å². The lowest BCUT2D eigenvalue weighted by molar-refractivity contribution is -0.384. The zero-order chi connectivity index (χ0) is 18.8. The van der Waals surface area contributed by atoms with Crippen LogP contribution in [0.2, 0.25) is 10.0 Å². The predicted octanol–water partition coefficient (Wildman–Crippen LogP) is 5.72. The van der Waals surface area contributed by atoms with Crippen molar-refractivity contribution in [3.8, 4) is 11.3 Å². The number of nitro groups is 1. The summed E-state index contributed by atoms with van der Waals surface area (Å²) in [5, 5.41) is 14.1. The zero-order valence-corrected chi connectivity index (χ0v) is 15.0. The molecule has 1 aromatic heterocycles. The number of amides is 1. The van der Waals surface area contributed by atoms with Crippen LogP contribution in [0.4, 0.5) is 11.4 Å². The number of nitrogens with one attached hydrogen (secondary N) is 1. The molecule has 3 rings (SSSR count). The average Bonchev–Trinajstić information content (AvgIpc) is 3.08. The van der Waals surface area contributed by atoms with Crippen molar-refractivity contribution in [3.05, 3.63) is 80.0 Å². The molecule has 0 saturated heterocycles. The zero-order valence-electron chi connectivity index (χ0n) is 13.5. The summed E-state index contributed by atoms with van der Waals surface area (Å²) >= 11 is 11.8. The molecule has 132 valence electrons. The molecule has 0 aliphatic heterocycles. The van der Waals surface area contributed by atoms with Crippen LogP contribution in [0.15, 0.2) is 52.9 Å². The number of nitrogens with zero attached hydrogens (tertiary/aromatic N) is 1. The number of benzene rings is 2. The smallest absolute Gasteiger partial charge is 0.291 e. The van der Waals surface area contributed by atoms with Gasteiger partial charge >= 0.3 is 0 Å². The molecule has 0 radical (unpaired) electrons. The third-order valence-electron chi connectivity index (χ3n) is 3.70. The quantitative estimate of drug-likeness (QED) is 0.455. The predicted molar refractivity (Wildman–Crippen MR) is 100.0 cm³/mol. The monoisotopic (exact) mass is 390 g/mol. The molecule has 1 N–H and O–H groups in total. The lowest BCUT2D eigenvalue weighted by atomic mass is 10.1. The molecule has 0 aliphatic rings. The molecule has 1 heterocycles. The lowest BCUT2D eigenvalue weighted by Crippen LogP contribution is -2.12. The van der Waals surface area contributed by atoms with E-state index < -0.39 is 10.8 Å². The van der Waals surface area contributed by atoms with E-state index in [0.29, 0.717) is 22.0 Å². The van der Waals surface area contributed by atoms with Gasteiger partial charge < -0.3 is 9.73 Å². The van der Waals surface area contributed by atoms with Crippen LogP contribution in [0.3, 0.4) is 0 Å². The van der Waals surface area contributed by atoms with E-state index in [0.717, 1.165) is 5.56 Å². The van der Waals surface area contributed by atoms with Gasteiger partial charge in [0, 0.05) is 22.3 Å². The van der Waals surface area contributed by atoms with Gasteiger partial charge in [0.25, 0.3) is 11.6 Å². The fourth-order valence-electron chi connectivity index (χ4n) is 2.35. The normalized spacial score (nSPS) is 10.6. The van der Waals surface area contributed by atoms with E-state index in [-0.39, 0.29) is 16.5 Å². The van der Waals surface area contributed by atoms with E-state index in [1.165, 1.54) is 12.1 Å². The second-order valence-electron chi connectivity index (χ2n) is 5.50. The molecule has 6 nitrogen and oxygen atoms in total. The highest BCUT2D eigenvalue weighted by Gasteiger charge is 2.18. The van der Waals surface area contributed by atoms with Crippen LogP contribution in [0.25, 0.3) is 11.3 Å². The number of hydrogen-bond acceptors (Lipinski definition) is 4. The first-order chi connectivity index (χ1) is 12.3. The number of halogens is 2. The topological polar surface area (TPSA) is 85.4 Å². The van der Waals surface area contributed by atoms with Crippen LogP contribution < -0.4 is 5.32 Å². The minimum Gasteiger partial charge on any atom is -0.451 e. The number of aryl methyl sites for hydroxylation is 1. The fourth-order valence-corrected chi connectivity index (χ4v) is 2.71. The number of rotatable bonds is 4. The van der Waals surface area contributed by atoms with Crippen LogP contribution >= 0.6 is 23.2 Å². The highest BCUT2D eigenvalue weighted by Crippen LogP contribution is 2.31. The van der Waals surface area contributed by atoms with Crippen molar-refractivity contribution in [2.24, 2.45) is 0 Å². The standard InChI is InChI=1S/C18H12Cl2N2O4/c1-10-8-15(22(24)25)13(20)9-14(10)21-18(23)17-7-6-16(26-17)11-2-4-12(19)5-3-11/h2-9H,1H3,(H,21,23). The highest BCUT2D eigenvalue weighted by atomic mass is 35.5. The van der Waals surface area contributed by atoms with Crippen LogP contribution in [0.1, 0.15) is 16.1 Å². The van der Waals surface area contributed by atoms with Gasteiger partial charge in [-0.3, -0.25) is 14.9 Å². The summed E-state index contributed by atoms with van der Waals surface area (Å²) in [7, 11) is 0. The molecule has 3 aromatic rings. The summed E-state index contributed by atoms with van der Waals surface area (Å²) in [6.45, 7) is 1.64. The first-order valence-corrected chi connectivity index (χ1v) is 8.22. The molecule has 8 heteroatoms. The molecule has 0 unspecified atom stereocenters. The third-order valence-corrected chi connectivity index (χ3v) is 4.25. The van der Waals surface area contributed by atoms with E-state index in [1.807, 2.05) is 0 Å². The van der Waals surface area contributed by atoms with E-state index in [1.54, 1.807) is 43.3 Å². The fraction of sp³-hybridized carbons (Fsp3) is 0.0556. The molecule has 0 fully saturated rings. The Morgan fingerprint density at radius 2 is 1.81 bits per heavy atom. The molecular formula is C18H12Cl2N2O4. The SMILES string of the molecule is Cc1cc([N+](=O)[O-])c(Cl)cc1NC(=O)c1ccc(-c2ccc(Cl)cc2)o1. The molecular weight excluding hydrogens is 379 g/mol. The molecule has 0 aliphatic carbocycles. The molecule has 26 heavy (non-hydrogen) atoms. The van der Waals surface area contributed by atoms with Crippen molar-refractivity contribution in [3.63, 3.8) is 0 Å². The summed E-state index contributed by atoms with van der Waals surface area (Å²) in [6, 6.07) is 12.9. The Morgan fingerprint density at radius 3 is 2.46 bits per heavy atom. The van der Waals surface area contributed by atoms with Gasteiger partial charge in [-0.25, -0.2) is 0 Å². The number of carbonyl (C=O) groups is 1. The van der Waals surface area contributed by atoms with Crippen molar-refractivity contribution in [1.29, 1.82) is 0 Å². The highest BCUT2D eigenvalue weighted by molar-refractivity contribution is 6.33. The second kappa shape index (κ2) is 7.19. The maximum absolute atomic E-state index is 12.4. The Hall–Kier alpha value is -2.83. The van der Waals surface area contributed by atoms with Gasteiger partial charge in [0.05, 0.1) is 4.92 Å². The van der Waals surface area contributed by atoms with Gasteiger partial charge in [-0.15, -0.1) is 0 Å². The summed E-state index contributed by atoms with van der Waals surface area (Å²) in [6.07, 6.45) is 0. The molecule has 0 spiro atoms. The van der Waals surface area contributed by atoms with Crippen molar-refractivity contribution in [2.75, 3.05) is 5.32 Å². The van der Waals surface area contributed by atoms with Crippen molar-refractivity contribution in [1.82, 2.24) is 0 Å². The van der Waals surface area contributed by atoms with Gasteiger partial charge in [0.2, 0.25) is 0 Å². The Labute approximate surface area is 158 Å². The van der Waals surface area contributed by atoms with Crippen molar-refractivity contribution >= 4 is 40.5 Å². The molecule has 0 saturated carbocycles. The van der Waals surface area contributed by atoms with E-state index in [4.69, 9.17) is 27.6 Å². The van der Waals surface area contributed by atoms with Gasteiger partial charge in [-0.05, 0) is 55.0 Å². The number of anilines is 1. The minimum absolute atomic E-state index is 0.0581. The number of carbonyl (C=O) groups excluding carboxylic acids is 1. The van der Waals surface area contributed by atoms with Crippen LogP contribution in [-0.2, 0) is 0 Å². The number of furan rings is 1. The summed E-state index contributed by atoms with van der Waals surface area (Å²) in [5.41, 5.74) is 1.45. The van der Waals surface area contributed by atoms with Crippen LogP contribution in [0.5, 0.6) is 0 Å². The summed E-state index contributed by atoms with van der Waals surface area (Å²) in [4.78, 5) is 22.7. The Kier molecular flexibility index (Phi) is 4.97. The second-order valence-corrected chi connectivity index (χ2v) is 6.34. The first-order valence-electron chi connectivity index (χ1n) is 7.47. The van der Waals surface area contributed by atoms with Crippen molar-refractivity contribution < 1.29 is 14.1 Å². The largest absolute Gasteiger partial charge is 0.451 e. The van der Waals surface area contributed by atoms with Gasteiger partial charge in [-0.2, -0.15) is 0 Å². The minimum atomic E-state index is -0.578. The number of nitro benzene ring substituents is 1. The summed E-state index contributed by atoms with van der Waals surface area (Å²) < 4.78 is 5.58. The lowest BCUT2D eigenvalue weighted by Gasteiger charge is -2.08. The van der Waals surface area contributed by atoms with Gasteiger partial charge in [0.1, 0.15) is 10.8 Å². The molecule has 1 amide bonds. The van der Waals surface area contributed by atoms with Gasteiger partial charge in [0.15, 0.2) is 5.76 Å². The van der Waals surface area contributed by atoms with Crippen LogP contribution in [0, 0.1) is 17.0 Å². The molecule has 0 atom stereocenters. The third kappa shape index (κ3) is 3.71. The molecule has 2 aromatic carbocycles. The Balaban J connectivity index is 1.82. The molecule has 0 bridgehead atoms. The summed E-state index contributed by atoms with van der Waals surface area (Å²) in [5.74, 6) is 0.132. The average molecular weight is 391 g/mol. The van der Waals surface area contributed by atoms with E-state index in [9.17, 15) is 14.9 Å². The first kappa shape index (κ1) is 18.0. The van der Waals surface area contributed by atoms with Crippen LogP contribution in [-0.4, -0.2) is 10.8 Å². The Bertz CT molecular complexity index is 997.